The van der Waals surface area contributed by atoms with E-state index >= 15 is 0 Å². The number of thiazole rings is 1. The van der Waals surface area contributed by atoms with E-state index in [1.165, 1.54) is 11.3 Å². The molecule has 0 spiro atoms. The average molecular weight is 351 g/mol. The number of carbonyl (C=O) groups is 1. The number of benzene rings is 2. The zero-order chi connectivity index (χ0) is 17.9. The van der Waals surface area contributed by atoms with E-state index in [2.05, 4.69) is 44.0 Å². The van der Waals surface area contributed by atoms with Crippen LogP contribution in [0.1, 0.15) is 41.7 Å². The first-order chi connectivity index (χ1) is 12.0. The third-order valence-corrected chi connectivity index (χ3v) is 4.71. The molecule has 128 valence electrons. The van der Waals surface area contributed by atoms with E-state index in [0.29, 0.717) is 11.6 Å². The van der Waals surface area contributed by atoms with Gasteiger partial charge in [0.15, 0.2) is 11.3 Å². The molecule has 0 aliphatic heterocycles. The number of ether oxygens (including phenoxy) is 1. The van der Waals surface area contributed by atoms with Crippen molar-refractivity contribution >= 4 is 17.6 Å². The van der Waals surface area contributed by atoms with Crippen molar-refractivity contribution in [2.45, 2.75) is 32.8 Å². The molecule has 3 rings (SSSR count). The standard InChI is InChI=1S/C21H21NO2S/c1-21(2,3)17-11-16(18-14-25-20(12-23)22-18)9-10-19(17)24-13-15-7-5-4-6-8-15/h4-12,14H,13H2,1-3H3. The van der Waals surface area contributed by atoms with Crippen LogP contribution in [0.4, 0.5) is 0 Å². The van der Waals surface area contributed by atoms with Crippen LogP contribution < -0.4 is 4.74 Å². The van der Waals surface area contributed by atoms with E-state index in [4.69, 9.17) is 4.74 Å². The Morgan fingerprint density at radius 2 is 1.88 bits per heavy atom. The molecule has 1 heterocycles. The molecule has 0 saturated heterocycles. The fourth-order valence-electron chi connectivity index (χ4n) is 2.61. The molecule has 3 nitrogen and oxygen atoms in total. The fraction of sp³-hybridized carbons (Fsp3) is 0.238. The number of aromatic nitrogens is 1. The maximum Gasteiger partial charge on any atom is 0.178 e. The minimum Gasteiger partial charge on any atom is -0.489 e. The topological polar surface area (TPSA) is 39.2 Å². The van der Waals surface area contributed by atoms with Gasteiger partial charge in [-0.2, -0.15) is 0 Å². The summed E-state index contributed by atoms with van der Waals surface area (Å²) in [6.07, 6.45) is 0.788. The van der Waals surface area contributed by atoms with E-state index in [1.807, 2.05) is 35.7 Å². The van der Waals surface area contributed by atoms with Crippen LogP contribution in [0.5, 0.6) is 5.75 Å². The molecule has 3 aromatic rings. The number of rotatable bonds is 5. The van der Waals surface area contributed by atoms with E-state index in [1.54, 1.807) is 0 Å². The Morgan fingerprint density at radius 3 is 2.52 bits per heavy atom. The van der Waals surface area contributed by atoms with Gasteiger partial charge in [0.05, 0.1) is 5.69 Å². The van der Waals surface area contributed by atoms with Crippen molar-refractivity contribution in [3.63, 3.8) is 0 Å². The molecule has 25 heavy (non-hydrogen) atoms. The third-order valence-electron chi connectivity index (χ3n) is 3.94. The first kappa shape index (κ1) is 17.4. The zero-order valence-corrected chi connectivity index (χ0v) is 15.5. The van der Waals surface area contributed by atoms with Crippen LogP contribution in [0.2, 0.25) is 0 Å². The first-order valence-corrected chi connectivity index (χ1v) is 9.07. The molecule has 0 amide bonds. The molecule has 0 saturated carbocycles. The molecule has 0 bridgehead atoms. The lowest BCUT2D eigenvalue weighted by atomic mass is 9.85. The van der Waals surface area contributed by atoms with E-state index in [0.717, 1.165) is 34.4 Å². The quantitative estimate of drug-likeness (QED) is 0.570. The SMILES string of the molecule is CC(C)(C)c1cc(-c2csc(C=O)n2)ccc1OCc1ccccc1. The smallest absolute Gasteiger partial charge is 0.178 e. The number of carbonyl (C=O) groups excluding carboxylic acids is 1. The van der Waals surface area contributed by atoms with Gasteiger partial charge in [-0.15, -0.1) is 11.3 Å². The molecule has 0 unspecified atom stereocenters. The highest BCUT2D eigenvalue weighted by molar-refractivity contribution is 7.11. The summed E-state index contributed by atoms with van der Waals surface area (Å²) in [5, 5.41) is 2.41. The summed E-state index contributed by atoms with van der Waals surface area (Å²) in [6, 6.07) is 16.3. The number of nitrogens with zero attached hydrogens (tertiary/aromatic N) is 1. The monoisotopic (exact) mass is 351 g/mol. The lowest BCUT2D eigenvalue weighted by molar-refractivity contribution is 0.112. The van der Waals surface area contributed by atoms with Crippen LogP contribution in [0.3, 0.4) is 0 Å². The Hall–Kier alpha value is -2.46. The predicted octanol–water partition coefficient (Wildman–Crippen LogP) is 5.50. The average Bonchev–Trinajstić information content (AvgIpc) is 3.09. The second kappa shape index (κ2) is 7.19. The summed E-state index contributed by atoms with van der Waals surface area (Å²) in [6.45, 7) is 7.04. The maximum absolute atomic E-state index is 10.9. The van der Waals surface area contributed by atoms with E-state index in [9.17, 15) is 4.79 Å². The van der Waals surface area contributed by atoms with Gasteiger partial charge in [-0.25, -0.2) is 4.98 Å². The van der Waals surface area contributed by atoms with E-state index < -0.39 is 0 Å². The first-order valence-electron chi connectivity index (χ1n) is 8.20. The number of hydrogen-bond acceptors (Lipinski definition) is 4. The predicted molar refractivity (Wildman–Crippen MR) is 102 cm³/mol. The number of aldehydes is 1. The van der Waals surface area contributed by atoms with Crippen molar-refractivity contribution < 1.29 is 9.53 Å². The Kier molecular flexibility index (Phi) is 5.00. The van der Waals surface area contributed by atoms with Gasteiger partial charge in [-0.05, 0) is 29.2 Å². The van der Waals surface area contributed by atoms with Gasteiger partial charge >= 0.3 is 0 Å². The molecular weight excluding hydrogens is 330 g/mol. The summed E-state index contributed by atoms with van der Waals surface area (Å²) < 4.78 is 6.09. The minimum atomic E-state index is -0.0639. The molecule has 2 aromatic carbocycles. The summed E-state index contributed by atoms with van der Waals surface area (Å²) >= 11 is 1.36. The van der Waals surface area contributed by atoms with Crippen LogP contribution in [0.15, 0.2) is 53.9 Å². The normalized spacial score (nSPS) is 11.3. The second-order valence-electron chi connectivity index (χ2n) is 6.92. The van der Waals surface area contributed by atoms with Crippen molar-refractivity contribution in [1.82, 2.24) is 4.98 Å². The molecule has 4 heteroatoms. The lowest BCUT2D eigenvalue weighted by Gasteiger charge is -2.23. The minimum absolute atomic E-state index is 0.0639. The van der Waals surface area contributed by atoms with Gasteiger partial charge in [0, 0.05) is 16.5 Å². The molecule has 0 aliphatic rings. The summed E-state index contributed by atoms with van der Waals surface area (Å²) in [5.41, 5.74) is 4.03. The van der Waals surface area contributed by atoms with Gasteiger partial charge in [-0.1, -0.05) is 51.1 Å². The van der Waals surface area contributed by atoms with Crippen LogP contribution in [-0.4, -0.2) is 11.3 Å². The Morgan fingerprint density at radius 1 is 1.12 bits per heavy atom. The second-order valence-corrected chi connectivity index (χ2v) is 7.81. The van der Waals surface area contributed by atoms with Crippen LogP contribution in [0, 0.1) is 0 Å². The lowest BCUT2D eigenvalue weighted by Crippen LogP contribution is -2.13. The van der Waals surface area contributed by atoms with Crippen molar-refractivity contribution in [2.75, 3.05) is 0 Å². The molecule has 0 fully saturated rings. The molecule has 0 radical (unpaired) electrons. The largest absolute Gasteiger partial charge is 0.489 e. The van der Waals surface area contributed by atoms with Gasteiger partial charge < -0.3 is 4.74 Å². The Bertz CT molecular complexity index is 863. The van der Waals surface area contributed by atoms with Gasteiger partial charge in [0.1, 0.15) is 12.4 Å². The Balaban J connectivity index is 1.91. The summed E-state index contributed by atoms with van der Waals surface area (Å²) in [7, 11) is 0. The van der Waals surface area contributed by atoms with Crippen LogP contribution in [-0.2, 0) is 12.0 Å². The summed E-state index contributed by atoms with van der Waals surface area (Å²) in [4.78, 5) is 15.2. The molecule has 1 aromatic heterocycles. The third kappa shape index (κ3) is 4.15. The molecule has 0 atom stereocenters. The number of hydrogen-bond donors (Lipinski definition) is 0. The van der Waals surface area contributed by atoms with Gasteiger partial charge in [0.25, 0.3) is 0 Å². The van der Waals surface area contributed by atoms with Crippen molar-refractivity contribution in [1.29, 1.82) is 0 Å². The zero-order valence-electron chi connectivity index (χ0n) is 14.7. The fourth-order valence-corrected chi connectivity index (χ4v) is 3.24. The highest BCUT2D eigenvalue weighted by atomic mass is 32.1. The van der Waals surface area contributed by atoms with Gasteiger partial charge in [0.2, 0.25) is 0 Å². The van der Waals surface area contributed by atoms with Gasteiger partial charge in [-0.3, -0.25) is 4.79 Å². The summed E-state index contributed by atoms with van der Waals surface area (Å²) in [5.74, 6) is 0.881. The van der Waals surface area contributed by atoms with E-state index in [-0.39, 0.29) is 5.41 Å². The Labute approximate surface area is 152 Å². The highest BCUT2D eigenvalue weighted by Gasteiger charge is 2.20. The van der Waals surface area contributed by atoms with Crippen molar-refractivity contribution in [3.05, 3.63) is 70.0 Å². The van der Waals surface area contributed by atoms with Crippen molar-refractivity contribution in [2.24, 2.45) is 0 Å². The van der Waals surface area contributed by atoms with Crippen LogP contribution in [0.25, 0.3) is 11.3 Å². The maximum atomic E-state index is 10.9. The molecule has 0 N–H and O–H groups in total. The molecule has 0 aliphatic carbocycles. The van der Waals surface area contributed by atoms with Crippen LogP contribution >= 0.6 is 11.3 Å². The molecular formula is C21H21NO2S. The highest BCUT2D eigenvalue weighted by Crippen LogP contribution is 2.35. The van der Waals surface area contributed by atoms with Crippen molar-refractivity contribution in [3.8, 4) is 17.0 Å².